The minimum absolute atomic E-state index is 0.000257. The van der Waals surface area contributed by atoms with Gasteiger partial charge in [-0.15, -0.1) is 0 Å². The van der Waals surface area contributed by atoms with E-state index in [2.05, 4.69) is 240 Å². The number of nitriles is 1. The summed E-state index contributed by atoms with van der Waals surface area (Å²) in [4.78, 5) is 19.1. The van der Waals surface area contributed by atoms with Crippen LogP contribution in [0.5, 0.6) is 0 Å². The number of nitrogens with zero attached hydrogens (tertiary/aromatic N) is 3. The molecular formula is C63H65N5. The number of rotatable bonds is 5. The molecule has 2 N–H and O–H groups in total. The van der Waals surface area contributed by atoms with Gasteiger partial charge in [-0.3, -0.25) is 0 Å². The largest absolute Gasteiger partial charge is 0.354 e. The maximum Gasteiger partial charge on any atom is 0.0737 e. The quantitative estimate of drug-likeness (QED) is 0.181. The van der Waals surface area contributed by atoms with Crippen LogP contribution in [0.2, 0.25) is 0 Å². The van der Waals surface area contributed by atoms with E-state index in [1.165, 1.54) is 22.3 Å². The topological polar surface area (TPSA) is 81.2 Å². The molecule has 5 heterocycles. The molecule has 5 heteroatoms. The number of fused-ring (bicyclic) bond motifs is 8. The predicted molar refractivity (Wildman–Crippen MR) is 289 cm³/mol. The van der Waals surface area contributed by atoms with Crippen LogP contribution in [0.4, 0.5) is 0 Å². The Kier molecular flexibility index (Phi) is 11.5. The van der Waals surface area contributed by atoms with Crippen molar-refractivity contribution in [2.45, 2.75) is 118 Å². The summed E-state index contributed by atoms with van der Waals surface area (Å²) in [7, 11) is 0. The molecule has 2 aliphatic rings. The highest BCUT2D eigenvalue weighted by atomic mass is 14.8. The van der Waals surface area contributed by atoms with Gasteiger partial charge in [-0.2, -0.15) is 5.26 Å². The number of nitrogens with one attached hydrogen (secondary N) is 2. The zero-order valence-corrected chi connectivity index (χ0v) is 42.3. The third kappa shape index (κ3) is 8.81. The Morgan fingerprint density at radius 3 is 1.01 bits per heavy atom. The Morgan fingerprint density at radius 1 is 0.397 bits per heavy atom. The molecule has 0 radical (unpaired) electrons. The van der Waals surface area contributed by atoms with E-state index in [4.69, 9.17) is 9.97 Å². The van der Waals surface area contributed by atoms with Crippen molar-refractivity contribution in [3.8, 4) is 50.6 Å². The van der Waals surface area contributed by atoms with E-state index in [1.54, 1.807) is 0 Å². The van der Waals surface area contributed by atoms with E-state index in [1.807, 2.05) is 0 Å². The standard InChI is InChI=1S/C63H65N5/c1-38-36-46(63(11,12)13)37-42(34-35-64)55(38)59-53-32-30-51(67-53)57(40-16-22-44(23-17-40)61(5,6)7)49-28-26-47(65-49)56(39-14-20-43(21-15-39)60(2,3)4)48-27-29-50(66-48)58(52-31-33-54(59)68-52)41-18-24-45(25-19-41)62(8,9)10/h14-33,36-37,65,68H,34H2,1-13H3. The number of aromatic nitrogens is 4. The molecule has 0 aliphatic carbocycles. The van der Waals surface area contributed by atoms with E-state index in [0.717, 1.165) is 100 Å². The zero-order chi connectivity index (χ0) is 48.5. The summed E-state index contributed by atoms with van der Waals surface area (Å²) in [6, 6.07) is 42.7. The van der Waals surface area contributed by atoms with Crippen LogP contribution in [-0.2, 0) is 28.1 Å². The average molecular weight is 892 g/mol. The molecule has 0 saturated carbocycles. The molecule has 3 aromatic heterocycles. The summed E-state index contributed by atoms with van der Waals surface area (Å²) in [5.74, 6) is 0. The van der Waals surface area contributed by atoms with Gasteiger partial charge in [0.15, 0.2) is 0 Å². The molecule has 0 saturated heterocycles. The van der Waals surface area contributed by atoms with Crippen molar-refractivity contribution in [3.63, 3.8) is 0 Å². The first-order chi connectivity index (χ1) is 32.1. The molecule has 5 nitrogen and oxygen atoms in total. The molecule has 2 aliphatic heterocycles. The maximum atomic E-state index is 10.4. The monoisotopic (exact) mass is 892 g/mol. The number of benzene rings is 4. The van der Waals surface area contributed by atoms with Gasteiger partial charge in [-0.05, 0) is 133 Å². The SMILES string of the molecule is Cc1cc(C(C)(C)C)cc(CC#N)c1-c1c2nc(c(-c3ccc(C(C)(C)C)cc3)c3ccc([nH]3)c(-c3ccc(C(C)(C)C)cc3)c3nc(c(-c4ccc(C(C)(C)C)cc4)c4ccc1[nH]4)C=C3)C=C2. The van der Waals surface area contributed by atoms with Gasteiger partial charge in [0.1, 0.15) is 0 Å². The molecule has 342 valence electrons. The number of hydrogen-bond donors (Lipinski definition) is 2. The van der Waals surface area contributed by atoms with Crippen LogP contribution in [0.15, 0.2) is 109 Å². The van der Waals surface area contributed by atoms with Crippen molar-refractivity contribution in [3.05, 3.63) is 165 Å². The number of H-pyrrole nitrogens is 2. The molecular weight excluding hydrogens is 827 g/mol. The first kappa shape index (κ1) is 46.1. The van der Waals surface area contributed by atoms with E-state index >= 15 is 0 Å². The molecule has 0 unspecified atom stereocenters. The fourth-order valence-electron chi connectivity index (χ4n) is 9.67. The van der Waals surface area contributed by atoms with Gasteiger partial charge < -0.3 is 9.97 Å². The van der Waals surface area contributed by atoms with Crippen LogP contribution in [-0.4, -0.2) is 19.9 Å². The van der Waals surface area contributed by atoms with Crippen LogP contribution < -0.4 is 0 Å². The van der Waals surface area contributed by atoms with Crippen LogP contribution in [0, 0.1) is 18.3 Å². The summed E-state index contributed by atoms with van der Waals surface area (Å²) in [5, 5.41) is 10.4. The molecule has 7 aromatic rings. The highest BCUT2D eigenvalue weighted by Crippen LogP contribution is 2.42. The van der Waals surface area contributed by atoms with E-state index < -0.39 is 0 Å². The van der Waals surface area contributed by atoms with Crippen molar-refractivity contribution in [2.24, 2.45) is 0 Å². The summed E-state index contributed by atoms with van der Waals surface area (Å²) in [6.07, 6.45) is 8.91. The number of hydrogen-bond acceptors (Lipinski definition) is 3. The van der Waals surface area contributed by atoms with Crippen LogP contribution in [0.1, 0.15) is 139 Å². The number of aryl methyl sites for hydroxylation is 1. The molecule has 0 atom stereocenters. The highest BCUT2D eigenvalue weighted by Gasteiger charge is 2.25. The molecule has 8 bridgehead atoms. The summed E-state index contributed by atoms with van der Waals surface area (Å²) in [5.41, 5.74) is 22.5. The van der Waals surface area contributed by atoms with Crippen LogP contribution in [0.3, 0.4) is 0 Å². The maximum absolute atomic E-state index is 10.4. The van der Waals surface area contributed by atoms with Gasteiger partial charge in [0.25, 0.3) is 0 Å². The van der Waals surface area contributed by atoms with Gasteiger partial charge in [-0.1, -0.05) is 168 Å². The zero-order valence-electron chi connectivity index (χ0n) is 42.3. The van der Waals surface area contributed by atoms with Gasteiger partial charge >= 0.3 is 0 Å². The van der Waals surface area contributed by atoms with Crippen molar-refractivity contribution in [1.82, 2.24) is 19.9 Å². The lowest BCUT2D eigenvalue weighted by Gasteiger charge is -2.23. The Bertz CT molecular complexity index is 3310. The minimum Gasteiger partial charge on any atom is -0.354 e. The van der Waals surface area contributed by atoms with Crippen molar-refractivity contribution in [1.29, 1.82) is 5.26 Å². The third-order valence-corrected chi connectivity index (χ3v) is 13.7. The van der Waals surface area contributed by atoms with E-state index in [0.29, 0.717) is 0 Å². The van der Waals surface area contributed by atoms with Crippen LogP contribution >= 0.6 is 0 Å². The molecule has 0 spiro atoms. The van der Waals surface area contributed by atoms with Gasteiger partial charge in [0.05, 0.1) is 35.3 Å². The predicted octanol–water partition coefficient (Wildman–Crippen LogP) is 16.9. The molecule has 0 amide bonds. The molecule has 68 heavy (non-hydrogen) atoms. The Labute approximate surface area is 403 Å². The number of aromatic amines is 2. The lowest BCUT2D eigenvalue weighted by molar-refractivity contribution is 0.589. The highest BCUT2D eigenvalue weighted by molar-refractivity contribution is 6.00. The lowest BCUT2D eigenvalue weighted by atomic mass is 9.81. The summed E-state index contributed by atoms with van der Waals surface area (Å²) < 4.78 is 0. The second-order valence-electron chi connectivity index (χ2n) is 22.9. The fraction of sp³-hybridized carbons (Fsp3) is 0.286. The van der Waals surface area contributed by atoms with Crippen molar-refractivity contribution >= 4 is 46.4 Å². The fourth-order valence-corrected chi connectivity index (χ4v) is 9.67. The third-order valence-electron chi connectivity index (χ3n) is 13.7. The smallest absolute Gasteiger partial charge is 0.0737 e. The van der Waals surface area contributed by atoms with Crippen LogP contribution in [0.25, 0.3) is 90.9 Å². The first-order valence-electron chi connectivity index (χ1n) is 24.1. The second-order valence-corrected chi connectivity index (χ2v) is 22.9. The van der Waals surface area contributed by atoms with Crippen molar-refractivity contribution < 1.29 is 0 Å². The minimum atomic E-state index is -0.101. The summed E-state index contributed by atoms with van der Waals surface area (Å²) >= 11 is 0. The van der Waals surface area contributed by atoms with E-state index in [-0.39, 0.29) is 28.1 Å². The molecule has 4 aromatic carbocycles. The summed E-state index contributed by atoms with van der Waals surface area (Å²) in [6.45, 7) is 29.1. The first-order valence-corrected chi connectivity index (χ1v) is 24.1. The Balaban J connectivity index is 1.46. The van der Waals surface area contributed by atoms with Gasteiger partial charge in [0, 0.05) is 44.3 Å². The van der Waals surface area contributed by atoms with Crippen molar-refractivity contribution in [2.75, 3.05) is 0 Å². The molecule has 9 rings (SSSR count). The lowest BCUT2D eigenvalue weighted by Crippen LogP contribution is -2.12. The van der Waals surface area contributed by atoms with E-state index in [9.17, 15) is 5.26 Å². The normalized spacial score (nSPS) is 13.0. The average Bonchev–Trinajstić information content (AvgIpc) is 4.12. The molecule has 0 fully saturated rings. The second kappa shape index (κ2) is 16.9. The Morgan fingerprint density at radius 2 is 0.706 bits per heavy atom. The Hall–Kier alpha value is -7.03. The van der Waals surface area contributed by atoms with Gasteiger partial charge in [-0.25, -0.2) is 9.97 Å². The van der Waals surface area contributed by atoms with Gasteiger partial charge in [0.2, 0.25) is 0 Å².